The third kappa shape index (κ3) is 6.08. The van der Waals surface area contributed by atoms with Gasteiger partial charge < -0.3 is 23.4 Å². The maximum atomic E-state index is 12.7. The fourth-order valence-corrected chi connectivity index (χ4v) is 6.86. The maximum Gasteiger partial charge on any atom is 0.280 e. The molecule has 2 aliphatic heterocycles. The zero-order chi connectivity index (χ0) is 29.2. The second-order valence-corrected chi connectivity index (χ2v) is 12.6. The zero-order valence-corrected chi connectivity index (χ0v) is 25.1. The molecule has 5 atom stereocenters. The average Bonchev–Trinajstić information content (AvgIpc) is 3.34. The van der Waals surface area contributed by atoms with Gasteiger partial charge in [-0.2, -0.15) is 4.98 Å². The first kappa shape index (κ1) is 30.5. The van der Waals surface area contributed by atoms with E-state index in [9.17, 15) is 9.59 Å². The lowest BCUT2D eigenvalue weighted by atomic mass is 9.83. The summed E-state index contributed by atoms with van der Waals surface area (Å²) in [7, 11) is -1.44. The van der Waals surface area contributed by atoms with Crippen molar-refractivity contribution in [3.8, 4) is 0 Å². The predicted molar refractivity (Wildman–Crippen MR) is 150 cm³/mol. The number of imidazole rings is 1. The molecule has 40 heavy (non-hydrogen) atoms. The molecule has 2 saturated heterocycles. The standard InChI is InChI=1S/C26H40N7O6P/c1-15(2)22(34)30-25-29-21-19(23(35)31-25)28-14-32(21)24-20-18(7)26(39-24,9-11-36-20)13-38-40(37-12-10-27-8)33(16(3)4)17(5)6/h14-18,20,24H,9-13H2,1-7H3,(H2,29,30,31,34,35)/t18-,20+,24+,26+,40?/m0/s1. The van der Waals surface area contributed by atoms with Crippen molar-refractivity contribution in [1.29, 1.82) is 0 Å². The van der Waals surface area contributed by atoms with Crippen LogP contribution in [0.25, 0.3) is 16.0 Å². The predicted octanol–water partition coefficient (Wildman–Crippen LogP) is 3.70. The number of hydrogen-bond acceptors (Lipinski definition) is 9. The molecular weight excluding hydrogens is 537 g/mol. The first-order valence-electron chi connectivity index (χ1n) is 13.7. The highest BCUT2D eigenvalue weighted by Gasteiger charge is 2.57. The van der Waals surface area contributed by atoms with Gasteiger partial charge in [0, 0.05) is 30.3 Å². The highest BCUT2D eigenvalue weighted by molar-refractivity contribution is 7.44. The fourth-order valence-electron chi connectivity index (χ4n) is 5.20. The molecule has 0 spiro atoms. The van der Waals surface area contributed by atoms with Gasteiger partial charge in [0.1, 0.15) is 18.3 Å². The fraction of sp³-hybridized carbons (Fsp3) is 0.731. The number of amides is 1. The molecule has 13 nitrogen and oxygen atoms in total. The molecule has 0 radical (unpaired) electrons. The van der Waals surface area contributed by atoms with E-state index in [-0.39, 0.29) is 60.5 Å². The van der Waals surface area contributed by atoms with Crippen LogP contribution in [-0.2, 0) is 23.3 Å². The number of aromatic nitrogens is 4. The molecule has 2 aliphatic rings. The molecule has 0 aromatic carbocycles. The molecule has 2 N–H and O–H groups in total. The summed E-state index contributed by atoms with van der Waals surface area (Å²) < 4.78 is 29.4. The van der Waals surface area contributed by atoms with E-state index in [0.717, 1.165) is 0 Å². The summed E-state index contributed by atoms with van der Waals surface area (Å²) in [6.45, 7) is 22.4. The Morgan fingerprint density at radius 2 is 2.05 bits per heavy atom. The van der Waals surface area contributed by atoms with Crippen LogP contribution in [0.1, 0.15) is 61.1 Å². The Morgan fingerprint density at radius 3 is 2.70 bits per heavy atom. The van der Waals surface area contributed by atoms with Crippen LogP contribution in [0, 0.1) is 18.4 Å². The van der Waals surface area contributed by atoms with Crippen molar-refractivity contribution in [3.63, 3.8) is 0 Å². The van der Waals surface area contributed by atoms with E-state index in [2.05, 4.69) is 64.4 Å². The minimum Gasteiger partial charge on any atom is -0.373 e. The molecule has 1 unspecified atom stereocenters. The Labute approximate surface area is 235 Å². The summed E-state index contributed by atoms with van der Waals surface area (Å²) in [5.41, 5.74) is -0.682. The van der Waals surface area contributed by atoms with Gasteiger partial charge in [0.25, 0.3) is 14.1 Å². The van der Waals surface area contributed by atoms with Crippen molar-refractivity contribution < 1.29 is 23.3 Å². The van der Waals surface area contributed by atoms with Crippen LogP contribution in [0.15, 0.2) is 11.1 Å². The molecule has 220 valence electrons. The molecule has 0 aliphatic carbocycles. The van der Waals surface area contributed by atoms with Crippen molar-refractivity contribution in [1.82, 2.24) is 24.2 Å². The first-order valence-corrected chi connectivity index (χ1v) is 14.9. The Kier molecular flexibility index (Phi) is 9.60. The summed E-state index contributed by atoms with van der Waals surface area (Å²) in [4.78, 5) is 39.8. The molecule has 1 amide bonds. The molecule has 2 aromatic rings. The number of aromatic amines is 1. The number of rotatable bonds is 12. The van der Waals surface area contributed by atoms with E-state index in [1.54, 1.807) is 18.4 Å². The molecular formula is C26H40N7O6P. The van der Waals surface area contributed by atoms with Crippen LogP contribution in [0.2, 0.25) is 0 Å². The summed E-state index contributed by atoms with van der Waals surface area (Å²) >= 11 is 0. The van der Waals surface area contributed by atoms with Crippen LogP contribution >= 0.6 is 8.53 Å². The van der Waals surface area contributed by atoms with Gasteiger partial charge in [0.15, 0.2) is 17.4 Å². The summed E-state index contributed by atoms with van der Waals surface area (Å²) in [5, 5.41) is 2.65. The van der Waals surface area contributed by atoms with Crippen molar-refractivity contribution >= 4 is 31.5 Å². The number of fused-ring (bicyclic) bond motifs is 3. The van der Waals surface area contributed by atoms with E-state index in [4.69, 9.17) is 25.1 Å². The molecule has 2 bridgehead atoms. The normalized spacial score (nSPS) is 25.3. The molecule has 4 heterocycles. The van der Waals surface area contributed by atoms with Crippen molar-refractivity contribution in [2.45, 2.75) is 84.9 Å². The molecule has 2 fully saturated rings. The van der Waals surface area contributed by atoms with Crippen molar-refractivity contribution in [2.24, 2.45) is 11.8 Å². The Morgan fingerprint density at radius 1 is 1.32 bits per heavy atom. The topological polar surface area (TPSA) is 137 Å². The van der Waals surface area contributed by atoms with Crippen LogP contribution in [0.5, 0.6) is 0 Å². The minimum atomic E-state index is -1.44. The van der Waals surface area contributed by atoms with Gasteiger partial charge in [-0.1, -0.05) is 20.8 Å². The smallest absolute Gasteiger partial charge is 0.280 e. The number of ether oxygens (including phenoxy) is 2. The maximum absolute atomic E-state index is 12.7. The summed E-state index contributed by atoms with van der Waals surface area (Å²) in [5.74, 6) is -0.537. The van der Waals surface area contributed by atoms with Crippen molar-refractivity contribution in [3.05, 3.63) is 28.1 Å². The van der Waals surface area contributed by atoms with Gasteiger partial charge >= 0.3 is 0 Å². The monoisotopic (exact) mass is 577 g/mol. The summed E-state index contributed by atoms with van der Waals surface area (Å²) in [6, 6.07) is 0.362. The number of hydrogen-bond donors (Lipinski definition) is 2. The second-order valence-electron chi connectivity index (χ2n) is 11.1. The van der Waals surface area contributed by atoms with Crippen LogP contribution in [0.3, 0.4) is 0 Å². The lowest BCUT2D eigenvalue weighted by molar-refractivity contribution is -0.118. The Hall–Kier alpha value is -2.46. The zero-order valence-electron chi connectivity index (χ0n) is 24.2. The van der Waals surface area contributed by atoms with Gasteiger partial charge in [-0.3, -0.25) is 24.5 Å². The number of H-pyrrole nitrogens is 1. The van der Waals surface area contributed by atoms with Crippen molar-refractivity contribution in [2.75, 3.05) is 31.7 Å². The number of anilines is 1. The highest BCUT2D eigenvalue weighted by atomic mass is 31.2. The largest absolute Gasteiger partial charge is 0.373 e. The molecule has 4 rings (SSSR count). The average molecular weight is 578 g/mol. The van der Waals surface area contributed by atoms with E-state index >= 15 is 0 Å². The lowest BCUT2D eigenvalue weighted by Crippen LogP contribution is -2.46. The van der Waals surface area contributed by atoms with Crippen LogP contribution in [0.4, 0.5) is 5.95 Å². The van der Waals surface area contributed by atoms with Gasteiger partial charge in [-0.05, 0) is 27.7 Å². The minimum absolute atomic E-state index is 0.0440. The summed E-state index contributed by atoms with van der Waals surface area (Å²) in [6.07, 6.45) is 1.21. The number of carbonyl (C=O) groups is 1. The SMILES string of the molecule is [C-]#[N+]CCOP(OC[C@@]12CCO[C@@H]([C@H](n3cnc4c(=O)[nH]c(NC(=O)C(C)C)nc43)O1)[C@@H]2C)N(C(C)C)C(C)C. The Bertz CT molecular complexity index is 1280. The molecule has 14 heteroatoms. The van der Waals surface area contributed by atoms with Gasteiger partial charge in [-0.25, -0.2) is 16.2 Å². The molecule has 2 aromatic heterocycles. The second kappa shape index (κ2) is 12.6. The van der Waals surface area contributed by atoms with E-state index in [0.29, 0.717) is 25.3 Å². The van der Waals surface area contributed by atoms with E-state index in [1.165, 1.54) is 6.33 Å². The van der Waals surface area contributed by atoms with Gasteiger partial charge in [0.2, 0.25) is 18.4 Å². The van der Waals surface area contributed by atoms with Gasteiger partial charge in [-0.15, -0.1) is 0 Å². The number of carbonyl (C=O) groups excluding carboxylic acids is 1. The third-order valence-electron chi connectivity index (χ3n) is 7.34. The molecule has 0 saturated carbocycles. The first-order chi connectivity index (χ1) is 19.0. The third-order valence-corrected chi connectivity index (χ3v) is 9.39. The quantitative estimate of drug-likeness (QED) is 0.220. The van der Waals surface area contributed by atoms with Gasteiger partial charge in [0.05, 0.1) is 19.5 Å². The van der Waals surface area contributed by atoms with Crippen LogP contribution < -0.4 is 10.9 Å². The lowest BCUT2D eigenvalue weighted by Gasteiger charge is -2.40. The number of nitrogens with zero attached hydrogens (tertiary/aromatic N) is 5. The van der Waals surface area contributed by atoms with E-state index < -0.39 is 25.9 Å². The van der Waals surface area contributed by atoms with E-state index in [1.807, 2.05) is 0 Å². The van der Waals surface area contributed by atoms with Crippen LogP contribution in [-0.4, -0.2) is 80.3 Å². The highest BCUT2D eigenvalue weighted by Crippen LogP contribution is 2.52. The number of nitrogens with one attached hydrogen (secondary N) is 2. The Balaban J connectivity index is 1.61.